The Kier molecular flexibility index (Phi) is 7.43. The minimum atomic E-state index is -0.755. The van der Waals surface area contributed by atoms with Crippen LogP contribution in [0.25, 0.3) is 0 Å². The molecule has 0 spiro atoms. The van der Waals surface area contributed by atoms with Crippen LogP contribution >= 0.6 is 0 Å². The lowest BCUT2D eigenvalue weighted by Crippen LogP contribution is -2.44. The highest BCUT2D eigenvalue weighted by molar-refractivity contribution is 5.78. The maximum atomic E-state index is 11.8. The molecule has 0 aromatic rings. The first kappa shape index (κ1) is 15.9. The molecule has 0 bridgehead atoms. The summed E-state index contributed by atoms with van der Waals surface area (Å²) in [4.78, 5) is 24.4. The molecule has 1 fully saturated rings. The normalized spacial score (nSPS) is 16.6. The number of aliphatic carboxylic acids is 1. The van der Waals surface area contributed by atoms with E-state index in [4.69, 9.17) is 10.2 Å². The van der Waals surface area contributed by atoms with E-state index in [1.807, 2.05) is 0 Å². The van der Waals surface area contributed by atoms with Crippen molar-refractivity contribution < 1.29 is 19.8 Å². The zero-order chi connectivity index (χ0) is 14.1. The fourth-order valence-electron chi connectivity index (χ4n) is 2.22. The van der Waals surface area contributed by atoms with Crippen LogP contribution in [0.1, 0.15) is 32.1 Å². The number of carboxylic acid groups (broad SMARTS) is 1. The minimum absolute atomic E-state index is 0.0472. The maximum absolute atomic E-state index is 11.8. The van der Waals surface area contributed by atoms with Gasteiger partial charge in [0.2, 0.25) is 5.91 Å². The van der Waals surface area contributed by atoms with E-state index in [9.17, 15) is 9.59 Å². The third-order valence-corrected chi connectivity index (χ3v) is 3.48. The van der Waals surface area contributed by atoms with Gasteiger partial charge in [0.1, 0.15) is 0 Å². The second-order valence-corrected chi connectivity index (χ2v) is 4.95. The fraction of sp³-hybridized carbons (Fsp3) is 0.846. The van der Waals surface area contributed by atoms with E-state index in [-0.39, 0.29) is 18.4 Å². The van der Waals surface area contributed by atoms with E-state index in [1.54, 1.807) is 4.90 Å². The fourth-order valence-corrected chi connectivity index (χ4v) is 2.22. The molecule has 1 amide bonds. The van der Waals surface area contributed by atoms with Gasteiger partial charge in [0, 0.05) is 19.7 Å². The van der Waals surface area contributed by atoms with Gasteiger partial charge in [-0.05, 0) is 38.6 Å². The van der Waals surface area contributed by atoms with Gasteiger partial charge in [-0.25, -0.2) is 0 Å². The van der Waals surface area contributed by atoms with Crippen LogP contribution in [0.2, 0.25) is 0 Å². The number of carbonyl (C=O) groups excluding carboxylic acids is 1. The molecule has 110 valence electrons. The van der Waals surface area contributed by atoms with Gasteiger partial charge < -0.3 is 20.4 Å². The highest BCUT2D eigenvalue weighted by atomic mass is 16.4. The highest BCUT2D eigenvalue weighted by Crippen LogP contribution is 2.16. The van der Waals surface area contributed by atoms with Gasteiger partial charge in [0.25, 0.3) is 0 Å². The number of piperidine rings is 1. The monoisotopic (exact) mass is 272 g/mol. The number of unbranched alkanes of at least 4 members (excludes halogenated alkanes) is 2. The zero-order valence-electron chi connectivity index (χ0n) is 11.3. The Hall–Kier alpha value is -1.14. The molecule has 0 aromatic carbocycles. The maximum Gasteiger partial charge on any atom is 0.306 e. The van der Waals surface area contributed by atoms with Gasteiger partial charge in [0.15, 0.2) is 0 Å². The van der Waals surface area contributed by atoms with Crippen LogP contribution in [-0.4, -0.2) is 59.8 Å². The Bertz CT molecular complexity index is 288. The van der Waals surface area contributed by atoms with Crippen molar-refractivity contribution in [2.75, 3.05) is 32.8 Å². The molecule has 1 rings (SSSR count). The number of hydrogen-bond donors (Lipinski definition) is 3. The lowest BCUT2D eigenvalue weighted by Gasteiger charge is -2.30. The number of nitrogens with zero attached hydrogens (tertiary/aromatic N) is 1. The quantitative estimate of drug-likeness (QED) is 0.544. The summed E-state index contributed by atoms with van der Waals surface area (Å²) >= 11 is 0. The van der Waals surface area contributed by atoms with Crippen LogP contribution in [-0.2, 0) is 9.59 Å². The van der Waals surface area contributed by atoms with Crippen molar-refractivity contribution in [1.29, 1.82) is 0 Å². The zero-order valence-corrected chi connectivity index (χ0v) is 11.3. The van der Waals surface area contributed by atoms with E-state index in [2.05, 4.69) is 5.32 Å². The number of amides is 1. The van der Waals surface area contributed by atoms with Crippen LogP contribution in [0.3, 0.4) is 0 Å². The van der Waals surface area contributed by atoms with Gasteiger partial charge in [-0.2, -0.15) is 0 Å². The Balaban J connectivity index is 2.09. The molecule has 1 heterocycles. The number of rotatable bonds is 8. The first-order valence-electron chi connectivity index (χ1n) is 6.97. The van der Waals surface area contributed by atoms with Crippen LogP contribution in [0.15, 0.2) is 0 Å². The Morgan fingerprint density at radius 1 is 1.16 bits per heavy atom. The second kappa shape index (κ2) is 8.87. The van der Waals surface area contributed by atoms with Gasteiger partial charge in [-0.15, -0.1) is 0 Å². The third-order valence-electron chi connectivity index (χ3n) is 3.48. The summed E-state index contributed by atoms with van der Waals surface area (Å²) in [6.45, 7) is 2.40. The number of aliphatic hydroxyl groups is 1. The molecule has 0 unspecified atom stereocenters. The van der Waals surface area contributed by atoms with Gasteiger partial charge >= 0.3 is 5.97 Å². The number of carbonyl (C=O) groups is 2. The molecule has 1 aliphatic rings. The summed E-state index contributed by atoms with van der Waals surface area (Å²) in [6.07, 6.45) is 3.82. The summed E-state index contributed by atoms with van der Waals surface area (Å²) in [7, 11) is 0. The average molecular weight is 272 g/mol. The van der Waals surface area contributed by atoms with Crippen molar-refractivity contribution in [1.82, 2.24) is 10.2 Å². The minimum Gasteiger partial charge on any atom is -0.481 e. The standard InChI is InChI=1S/C13H24N2O4/c16-9-3-1-2-6-14-10-12(17)15-7-4-11(5-8-15)13(18)19/h11,14,16H,1-10H2,(H,18,19). The van der Waals surface area contributed by atoms with E-state index in [1.165, 1.54) is 0 Å². The Labute approximate surface area is 113 Å². The number of carboxylic acids is 1. The predicted molar refractivity (Wildman–Crippen MR) is 70.7 cm³/mol. The molecule has 6 heteroatoms. The van der Waals surface area contributed by atoms with Crippen LogP contribution in [0.5, 0.6) is 0 Å². The van der Waals surface area contributed by atoms with Crippen LogP contribution < -0.4 is 5.32 Å². The highest BCUT2D eigenvalue weighted by Gasteiger charge is 2.26. The Morgan fingerprint density at radius 2 is 1.84 bits per heavy atom. The number of hydrogen-bond acceptors (Lipinski definition) is 4. The lowest BCUT2D eigenvalue weighted by atomic mass is 9.97. The van der Waals surface area contributed by atoms with Gasteiger partial charge in [-0.1, -0.05) is 0 Å². The molecule has 0 radical (unpaired) electrons. The average Bonchev–Trinajstić information content (AvgIpc) is 2.42. The van der Waals surface area contributed by atoms with Crippen molar-refractivity contribution >= 4 is 11.9 Å². The molecule has 0 atom stereocenters. The lowest BCUT2D eigenvalue weighted by molar-refractivity contribution is -0.145. The van der Waals surface area contributed by atoms with Crippen LogP contribution in [0, 0.1) is 5.92 Å². The summed E-state index contributed by atoms with van der Waals surface area (Å²) in [5.74, 6) is -1.00. The van der Waals surface area contributed by atoms with Crippen molar-refractivity contribution in [3.63, 3.8) is 0 Å². The molecule has 0 aromatic heterocycles. The molecular weight excluding hydrogens is 248 g/mol. The summed E-state index contributed by atoms with van der Waals surface area (Å²) < 4.78 is 0. The summed E-state index contributed by atoms with van der Waals surface area (Å²) in [5.41, 5.74) is 0. The molecular formula is C13H24N2O4. The summed E-state index contributed by atoms with van der Waals surface area (Å²) in [5, 5.41) is 20.6. The molecule has 6 nitrogen and oxygen atoms in total. The second-order valence-electron chi connectivity index (χ2n) is 4.95. The predicted octanol–water partition coefficient (Wildman–Crippen LogP) is 0.0618. The first-order valence-corrected chi connectivity index (χ1v) is 6.97. The van der Waals surface area contributed by atoms with E-state index in [0.29, 0.717) is 32.5 Å². The first-order chi connectivity index (χ1) is 9.15. The largest absolute Gasteiger partial charge is 0.481 e. The topological polar surface area (TPSA) is 89.9 Å². The van der Waals surface area contributed by atoms with Crippen molar-refractivity contribution in [3.8, 4) is 0 Å². The van der Waals surface area contributed by atoms with E-state index in [0.717, 1.165) is 25.8 Å². The molecule has 1 aliphatic heterocycles. The molecule has 0 saturated carbocycles. The third kappa shape index (κ3) is 6.02. The van der Waals surface area contributed by atoms with E-state index >= 15 is 0 Å². The smallest absolute Gasteiger partial charge is 0.306 e. The SMILES string of the molecule is O=C(O)C1CCN(C(=O)CNCCCCCO)CC1. The van der Waals surface area contributed by atoms with Crippen LogP contribution in [0.4, 0.5) is 0 Å². The molecule has 1 saturated heterocycles. The van der Waals surface area contributed by atoms with E-state index < -0.39 is 5.97 Å². The number of likely N-dealkylation sites (tertiary alicyclic amines) is 1. The van der Waals surface area contributed by atoms with Crippen molar-refractivity contribution in [2.24, 2.45) is 5.92 Å². The van der Waals surface area contributed by atoms with Crippen molar-refractivity contribution in [3.05, 3.63) is 0 Å². The van der Waals surface area contributed by atoms with Gasteiger partial charge in [0.05, 0.1) is 12.5 Å². The van der Waals surface area contributed by atoms with Gasteiger partial charge in [-0.3, -0.25) is 9.59 Å². The Morgan fingerprint density at radius 3 is 2.42 bits per heavy atom. The van der Waals surface area contributed by atoms with Crippen molar-refractivity contribution in [2.45, 2.75) is 32.1 Å². The number of aliphatic hydroxyl groups excluding tert-OH is 1. The molecule has 0 aliphatic carbocycles. The molecule has 19 heavy (non-hydrogen) atoms. The molecule has 3 N–H and O–H groups in total. The summed E-state index contributed by atoms with van der Waals surface area (Å²) in [6, 6.07) is 0. The number of nitrogens with one attached hydrogen (secondary N) is 1.